The van der Waals surface area contributed by atoms with Crippen molar-refractivity contribution in [2.75, 3.05) is 0 Å². The molecule has 0 aliphatic heterocycles. The first kappa shape index (κ1) is 12.3. The Kier molecular flexibility index (Phi) is 3.13. The normalized spacial score (nSPS) is 10.4. The van der Waals surface area contributed by atoms with Gasteiger partial charge in [0.2, 0.25) is 5.91 Å². The van der Waals surface area contributed by atoms with Gasteiger partial charge in [0.05, 0.1) is 17.1 Å². The third-order valence-electron chi connectivity index (χ3n) is 3.00. The summed E-state index contributed by atoms with van der Waals surface area (Å²) in [5.74, 6) is -0.132. The zero-order valence-electron chi connectivity index (χ0n) is 11.0. The number of benzene rings is 1. The molecule has 2 aromatic heterocycles. The van der Waals surface area contributed by atoms with Crippen LogP contribution in [-0.4, -0.2) is 20.7 Å². The number of hydrogen-bond acceptors (Lipinski definition) is 3. The van der Waals surface area contributed by atoms with Crippen LogP contribution in [0.2, 0.25) is 0 Å². The van der Waals surface area contributed by atoms with Gasteiger partial charge in [0.1, 0.15) is 0 Å². The van der Waals surface area contributed by atoms with Crippen LogP contribution in [0.15, 0.2) is 60.8 Å². The Morgan fingerprint density at radius 1 is 1.00 bits per heavy atom. The maximum absolute atomic E-state index is 11.8. The summed E-state index contributed by atoms with van der Waals surface area (Å²) in [6.45, 7) is 1.49. The van der Waals surface area contributed by atoms with Gasteiger partial charge in [-0.05, 0) is 18.2 Å². The van der Waals surface area contributed by atoms with Crippen molar-refractivity contribution < 1.29 is 4.79 Å². The average molecular weight is 263 g/mol. The molecule has 98 valence electrons. The second-order valence-electron chi connectivity index (χ2n) is 4.43. The van der Waals surface area contributed by atoms with E-state index < -0.39 is 0 Å². The minimum Gasteiger partial charge on any atom is -0.273 e. The first-order chi connectivity index (χ1) is 9.75. The molecule has 0 bridgehead atoms. The van der Waals surface area contributed by atoms with E-state index in [1.165, 1.54) is 11.6 Å². The summed E-state index contributed by atoms with van der Waals surface area (Å²) >= 11 is 0. The van der Waals surface area contributed by atoms with Crippen LogP contribution < -0.4 is 0 Å². The van der Waals surface area contributed by atoms with Crippen LogP contribution in [0.25, 0.3) is 22.6 Å². The fourth-order valence-corrected chi connectivity index (χ4v) is 2.07. The van der Waals surface area contributed by atoms with Gasteiger partial charge in [-0.3, -0.25) is 9.78 Å². The molecule has 0 spiro atoms. The highest BCUT2D eigenvalue weighted by Crippen LogP contribution is 2.24. The van der Waals surface area contributed by atoms with Crippen LogP contribution in [-0.2, 0) is 0 Å². The van der Waals surface area contributed by atoms with E-state index in [0.717, 1.165) is 17.0 Å². The SMILES string of the molecule is CC(=O)n1nc(-c2ccccc2)cc1-c1ccccn1. The topological polar surface area (TPSA) is 47.8 Å². The summed E-state index contributed by atoms with van der Waals surface area (Å²) in [6.07, 6.45) is 1.70. The molecule has 0 saturated heterocycles. The molecule has 3 aromatic rings. The molecule has 4 heteroatoms. The number of hydrogen-bond donors (Lipinski definition) is 0. The molecular formula is C16H13N3O. The first-order valence-electron chi connectivity index (χ1n) is 6.33. The van der Waals surface area contributed by atoms with Crippen molar-refractivity contribution in [1.29, 1.82) is 0 Å². The maximum atomic E-state index is 11.8. The predicted octanol–water partition coefficient (Wildman–Crippen LogP) is 3.27. The van der Waals surface area contributed by atoms with Crippen LogP contribution in [0.3, 0.4) is 0 Å². The summed E-state index contributed by atoms with van der Waals surface area (Å²) < 4.78 is 1.39. The van der Waals surface area contributed by atoms with Gasteiger partial charge in [-0.2, -0.15) is 9.78 Å². The van der Waals surface area contributed by atoms with Crippen molar-refractivity contribution in [1.82, 2.24) is 14.8 Å². The lowest BCUT2D eigenvalue weighted by Crippen LogP contribution is -2.09. The standard InChI is InChI=1S/C16H13N3O/c1-12(20)19-16(14-9-5-6-10-17-14)11-15(18-19)13-7-3-2-4-8-13/h2-11H,1H3. The molecular weight excluding hydrogens is 250 g/mol. The smallest absolute Gasteiger partial charge is 0.244 e. The molecule has 0 aliphatic rings. The lowest BCUT2D eigenvalue weighted by molar-refractivity contribution is 0.0923. The van der Waals surface area contributed by atoms with E-state index in [2.05, 4.69) is 10.1 Å². The minimum atomic E-state index is -0.132. The molecule has 0 amide bonds. The van der Waals surface area contributed by atoms with Gasteiger partial charge in [-0.15, -0.1) is 0 Å². The Morgan fingerprint density at radius 3 is 2.40 bits per heavy atom. The van der Waals surface area contributed by atoms with Gasteiger partial charge < -0.3 is 0 Å². The summed E-state index contributed by atoms with van der Waals surface area (Å²) in [5, 5.41) is 4.38. The lowest BCUT2D eigenvalue weighted by atomic mass is 10.1. The zero-order chi connectivity index (χ0) is 13.9. The van der Waals surface area contributed by atoms with Gasteiger partial charge in [-0.1, -0.05) is 36.4 Å². The van der Waals surface area contributed by atoms with E-state index in [-0.39, 0.29) is 5.91 Å². The fourth-order valence-electron chi connectivity index (χ4n) is 2.07. The third kappa shape index (κ3) is 2.23. The lowest BCUT2D eigenvalue weighted by Gasteiger charge is -2.01. The number of carbonyl (C=O) groups is 1. The summed E-state index contributed by atoms with van der Waals surface area (Å²) in [4.78, 5) is 16.0. The van der Waals surface area contributed by atoms with Gasteiger partial charge in [0, 0.05) is 18.7 Å². The molecule has 0 N–H and O–H groups in total. The van der Waals surface area contributed by atoms with E-state index in [1.807, 2.05) is 54.6 Å². The predicted molar refractivity (Wildman–Crippen MR) is 77.2 cm³/mol. The monoisotopic (exact) mass is 263 g/mol. The van der Waals surface area contributed by atoms with Crippen molar-refractivity contribution >= 4 is 5.91 Å². The fraction of sp³-hybridized carbons (Fsp3) is 0.0625. The molecule has 1 aromatic carbocycles. The Labute approximate surface area is 116 Å². The van der Waals surface area contributed by atoms with Gasteiger partial charge in [0.15, 0.2) is 0 Å². The molecule has 2 heterocycles. The molecule has 0 saturated carbocycles. The van der Waals surface area contributed by atoms with E-state index >= 15 is 0 Å². The van der Waals surface area contributed by atoms with Crippen molar-refractivity contribution in [3.63, 3.8) is 0 Å². The Morgan fingerprint density at radius 2 is 1.75 bits per heavy atom. The number of aromatic nitrogens is 3. The molecule has 0 unspecified atom stereocenters. The van der Waals surface area contributed by atoms with Gasteiger partial charge in [0.25, 0.3) is 0 Å². The number of rotatable bonds is 2. The van der Waals surface area contributed by atoms with E-state index in [1.54, 1.807) is 6.20 Å². The van der Waals surface area contributed by atoms with E-state index in [0.29, 0.717) is 5.69 Å². The van der Waals surface area contributed by atoms with Crippen LogP contribution >= 0.6 is 0 Å². The Balaban J connectivity index is 2.15. The van der Waals surface area contributed by atoms with Gasteiger partial charge >= 0.3 is 0 Å². The van der Waals surface area contributed by atoms with Crippen molar-refractivity contribution in [2.45, 2.75) is 6.92 Å². The Bertz CT molecular complexity index is 733. The molecule has 0 aliphatic carbocycles. The number of pyridine rings is 1. The van der Waals surface area contributed by atoms with Crippen LogP contribution in [0, 0.1) is 0 Å². The third-order valence-corrected chi connectivity index (χ3v) is 3.00. The highest BCUT2D eigenvalue weighted by atomic mass is 16.2. The van der Waals surface area contributed by atoms with Crippen molar-refractivity contribution in [3.8, 4) is 22.6 Å². The van der Waals surface area contributed by atoms with Gasteiger partial charge in [-0.25, -0.2) is 0 Å². The maximum Gasteiger partial charge on any atom is 0.244 e. The quantitative estimate of drug-likeness (QED) is 0.713. The average Bonchev–Trinajstić information content (AvgIpc) is 2.94. The summed E-state index contributed by atoms with van der Waals surface area (Å²) in [6, 6.07) is 17.3. The number of nitrogens with zero attached hydrogens (tertiary/aromatic N) is 3. The molecule has 3 rings (SSSR count). The largest absolute Gasteiger partial charge is 0.273 e. The van der Waals surface area contributed by atoms with Crippen LogP contribution in [0.1, 0.15) is 11.7 Å². The second-order valence-corrected chi connectivity index (χ2v) is 4.43. The highest BCUT2D eigenvalue weighted by molar-refractivity contribution is 5.82. The zero-order valence-corrected chi connectivity index (χ0v) is 11.0. The summed E-state index contributed by atoms with van der Waals surface area (Å²) in [5.41, 5.74) is 3.18. The van der Waals surface area contributed by atoms with Crippen LogP contribution in [0.4, 0.5) is 0 Å². The highest BCUT2D eigenvalue weighted by Gasteiger charge is 2.14. The van der Waals surface area contributed by atoms with E-state index in [4.69, 9.17) is 0 Å². The molecule has 0 atom stereocenters. The number of carbonyl (C=O) groups excluding carboxylic acids is 1. The Hall–Kier alpha value is -2.75. The van der Waals surface area contributed by atoms with E-state index in [9.17, 15) is 4.79 Å². The minimum absolute atomic E-state index is 0.132. The van der Waals surface area contributed by atoms with Crippen molar-refractivity contribution in [2.24, 2.45) is 0 Å². The first-order valence-corrected chi connectivity index (χ1v) is 6.33. The van der Waals surface area contributed by atoms with Crippen LogP contribution in [0.5, 0.6) is 0 Å². The molecule has 0 radical (unpaired) electrons. The van der Waals surface area contributed by atoms with Crippen molar-refractivity contribution in [3.05, 3.63) is 60.8 Å². The molecule has 4 nitrogen and oxygen atoms in total. The summed E-state index contributed by atoms with van der Waals surface area (Å²) in [7, 11) is 0. The molecule has 0 fully saturated rings. The second kappa shape index (κ2) is 5.09. The molecule has 20 heavy (non-hydrogen) atoms.